The van der Waals surface area contributed by atoms with E-state index < -0.39 is 11.7 Å². The number of hydrogen-bond donors (Lipinski definition) is 5. The van der Waals surface area contributed by atoms with Gasteiger partial charge in [-0.25, -0.2) is 4.79 Å². The molecule has 10 nitrogen and oxygen atoms in total. The van der Waals surface area contributed by atoms with Crippen LogP contribution in [0.2, 0.25) is 0 Å². The number of alkyl halides is 1. The molecule has 3 aromatic heterocycles. The summed E-state index contributed by atoms with van der Waals surface area (Å²) in [6.45, 7) is 7.78. The monoisotopic (exact) mass is 669 g/mol. The molecule has 6 aromatic rings. The number of ether oxygens (including phenoxy) is 1. The van der Waals surface area contributed by atoms with E-state index in [9.17, 15) is 19.5 Å². The summed E-state index contributed by atoms with van der Waals surface area (Å²) in [6.07, 6.45) is -0.561. The minimum absolute atomic E-state index is 0.0596. The van der Waals surface area contributed by atoms with Gasteiger partial charge in [-0.05, 0) is 92.7 Å². The highest BCUT2D eigenvalue weighted by molar-refractivity contribution is 7.17. The molecule has 0 saturated heterocycles. The second kappa shape index (κ2) is 11.4. The highest BCUT2D eigenvalue weighted by Crippen LogP contribution is 2.48. The minimum Gasteiger partial charge on any atom is -0.506 e. The number of phenolic OH excluding ortho intramolecular Hbond substituents is 1. The summed E-state index contributed by atoms with van der Waals surface area (Å²) >= 11 is 7.87. The molecule has 5 N–H and O–H groups in total. The van der Waals surface area contributed by atoms with Gasteiger partial charge in [-0.15, -0.1) is 22.9 Å². The van der Waals surface area contributed by atoms with E-state index in [1.165, 1.54) is 11.3 Å². The Balaban J connectivity index is 1.10. The molecular formula is C35H32ClN5O5S. The SMILES string of the molecule is Cc1csc2c(O)cc3c(c12)[C@H](CCl)CN3C(=O)c1cc2cc(NC(=O)c3cc4cc(NC(=O)OC(C)(C)C)ccc4[nH]3)ccc2[nH]1. The molecule has 3 aromatic carbocycles. The molecule has 1 aliphatic heterocycles. The summed E-state index contributed by atoms with van der Waals surface area (Å²) in [6, 6.07) is 15.8. The number of aromatic nitrogens is 2. The lowest BCUT2D eigenvalue weighted by atomic mass is 9.97. The molecule has 0 unspecified atom stereocenters. The van der Waals surface area contributed by atoms with Gasteiger partial charge in [-0.3, -0.25) is 14.9 Å². The molecule has 47 heavy (non-hydrogen) atoms. The van der Waals surface area contributed by atoms with E-state index >= 15 is 0 Å². The topological polar surface area (TPSA) is 140 Å². The molecule has 0 bridgehead atoms. The molecule has 4 heterocycles. The average Bonchev–Trinajstić information content (AvgIpc) is 3.79. The van der Waals surface area contributed by atoms with Gasteiger partial charge >= 0.3 is 6.09 Å². The minimum atomic E-state index is -0.621. The predicted molar refractivity (Wildman–Crippen MR) is 188 cm³/mol. The van der Waals surface area contributed by atoms with Crippen molar-refractivity contribution in [3.63, 3.8) is 0 Å². The fraction of sp³-hybridized carbons (Fsp3) is 0.229. The van der Waals surface area contributed by atoms with Gasteiger partial charge in [0.05, 0.1) is 10.4 Å². The number of nitrogens with zero attached hydrogens (tertiary/aromatic N) is 1. The lowest BCUT2D eigenvalue weighted by Crippen LogP contribution is -2.30. The van der Waals surface area contributed by atoms with Crippen LogP contribution in [0.4, 0.5) is 21.9 Å². The fourth-order valence-electron chi connectivity index (χ4n) is 6.16. The van der Waals surface area contributed by atoms with Crippen LogP contribution in [-0.4, -0.2) is 51.0 Å². The van der Waals surface area contributed by atoms with Crippen LogP contribution in [0.25, 0.3) is 31.9 Å². The average molecular weight is 670 g/mol. The lowest BCUT2D eigenvalue weighted by Gasteiger charge is -2.19. The van der Waals surface area contributed by atoms with Gasteiger partial charge in [0.2, 0.25) is 0 Å². The Hall–Kier alpha value is -5.00. The summed E-state index contributed by atoms with van der Waals surface area (Å²) in [5.74, 6) is -0.136. The molecule has 0 aliphatic carbocycles. The third kappa shape index (κ3) is 5.66. The summed E-state index contributed by atoms with van der Waals surface area (Å²) in [5.41, 5.74) is 5.40. The number of aromatic hydroxyl groups is 1. The number of carbonyl (C=O) groups excluding carboxylic acids is 3. The Kier molecular flexibility index (Phi) is 7.40. The maximum atomic E-state index is 13.9. The first-order valence-corrected chi connectivity index (χ1v) is 16.5. The number of thiophene rings is 1. The number of aromatic amines is 2. The molecule has 240 valence electrons. The van der Waals surface area contributed by atoms with Crippen LogP contribution in [0.5, 0.6) is 5.75 Å². The van der Waals surface area contributed by atoms with E-state index in [-0.39, 0.29) is 23.5 Å². The molecule has 1 atom stereocenters. The molecular weight excluding hydrogens is 638 g/mol. The Morgan fingerprint density at radius 1 is 0.979 bits per heavy atom. The first-order chi connectivity index (χ1) is 22.4. The van der Waals surface area contributed by atoms with E-state index in [0.29, 0.717) is 40.9 Å². The van der Waals surface area contributed by atoms with Gasteiger partial charge in [-0.1, -0.05) is 0 Å². The molecule has 7 rings (SSSR count). The molecule has 0 saturated carbocycles. The standard InChI is InChI=1S/C35H32ClN5O5S/c1-17-16-47-31-28(42)13-27-30(29(17)31)20(14-36)15-41(27)33(44)26-12-19-9-21(5-7-24(19)40-26)37-32(43)25-11-18-10-22(6-8-23(18)39-25)38-34(45)46-35(2,3)4/h5-13,16,20,39-40,42H,14-15H2,1-4H3,(H,37,43)(H,38,45)/t20-/m1/s1. The van der Waals surface area contributed by atoms with E-state index in [1.807, 2.05) is 18.4 Å². The number of phenols is 1. The maximum Gasteiger partial charge on any atom is 0.412 e. The van der Waals surface area contributed by atoms with Crippen molar-refractivity contribution in [2.24, 2.45) is 0 Å². The number of nitrogens with one attached hydrogen (secondary N) is 4. The van der Waals surface area contributed by atoms with E-state index in [4.69, 9.17) is 16.3 Å². The van der Waals surface area contributed by atoms with Gasteiger partial charge in [0.15, 0.2) is 0 Å². The zero-order chi connectivity index (χ0) is 33.2. The Morgan fingerprint density at radius 2 is 1.62 bits per heavy atom. The van der Waals surface area contributed by atoms with E-state index in [0.717, 1.165) is 43.0 Å². The van der Waals surface area contributed by atoms with Crippen LogP contribution >= 0.6 is 22.9 Å². The van der Waals surface area contributed by atoms with Gasteiger partial charge < -0.3 is 30.0 Å². The fourth-order valence-corrected chi connectivity index (χ4v) is 7.39. The van der Waals surface area contributed by atoms with Crippen molar-refractivity contribution in [3.05, 3.63) is 82.5 Å². The molecule has 0 spiro atoms. The molecule has 0 radical (unpaired) electrons. The Labute approximate surface area is 278 Å². The van der Waals surface area contributed by atoms with Crippen LogP contribution < -0.4 is 15.5 Å². The number of rotatable bonds is 5. The number of halogens is 1. The number of aryl methyl sites for hydroxylation is 1. The number of carbonyl (C=O) groups is 3. The maximum absolute atomic E-state index is 13.9. The van der Waals surface area contributed by atoms with Crippen molar-refractivity contribution in [1.82, 2.24) is 9.97 Å². The highest BCUT2D eigenvalue weighted by Gasteiger charge is 2.36. The zero-order valence-corrected chi connectivity index (χ0v) is 27.7. The van der Waals surface area contributed by atoms with Crippen molar-refractivity contribution in [2.45, 2.75) is 39.2 Å². The zero-order valence-electron chi connectivity index (χ0n) is 26.1. The van der Waals surface area contributed by atoms with Gasteiger partial charge in [-0.2, -0.15) is 0 Å². The number of fused-ring (bicyclic) bond motifs is 5. The summed E-state index contributed by atoms with van der Waals surface area (Å²) in [5, 5.41) is 20.9. The Morgan fingerprint density at radius 3 is 2.28 bits per heavy atom. The van der Waals surface area contributed by atoms with Gasteiger partial charge in [0.25, 0.3) is 11.8 Å². The predicted octanol–water partition coefficient (Wildman–Crippen LogP) is 8.46. The van der Waals surface area contributed by atoms with E-state index in [2.05, 4.69) is 20.6 Å². The summed E-state index contributed by atoms with van der Waals surface area (Å²) in [4.78, 5) is 47.2. The largest absolute Gasteiger partial charge is 0.506 e. The van der Waals surface area contributed by atoms with Crippen LogP contribution in [-0.2, 0) is 4.74 Å². The van der Waals surface area contributed by atoms with Crippen LogP contribution in [0, 0.1) is 6.92 Å². The first kappa shape index (κ1) is 30.6. The third-order valence-corrected chi connectivity index (χ3v) is 9.67. The summed E-state index contributed by atoms with van der Waals surface area (Å²) in [7, 11) is 0. The smallest absolute Gasteiger partial charge is 0.412 e. The molecule has 1 aliphatic rings. The molecule has 12 heteroatoms. The number of hydrogen-bond acceptors (Lipinski definition) is 6. The molecule has 3 amide bonds. The third-order valence-electron chi connectivity index (χ3n) is 8.18. The second-order valence-corrected chi connectivity index (χ2v) is 14.0. The number of amides is 3. The van der Waals surface area contributed by atoms with Crippen LogP contribution in [0.15, 0.2) is 60.0 Å². The lowest BCUT2D eigenvalue weighted by molar-refractivity contribution is 0.0635. The van der Waals surface area contributed by atoms with Crippen molar-refractivity contribution in [3.8, 4) is 5.75 Å². The van der Waals surface area contributed by atoms with Gasteiger partial charge in [0, 0.05) is 63.0 Å². The quantitative estimate of drug-likeness (QED) is 0.117. The van der Waals surface area contributed by atoms with Crippen molar-refractivity contribution >= 4 is 89.8 Å². The normalized spacial score (nSPS) is 14.6. The van der Waals surface area contributed by atoms with Crippen LogP contribution in [0.3, 0.4) is 0 Å². The van der Waals surface area contributed by atoms with Crippen molar-refractivity contribution < 1.29 is 24.2 Å². The van der Waals surface area contributed by atoms with Crippen molar-refractivity contribution in [2.75, 3.05) is 28.0 Å². The first-order valence-electron chi connectivity index (χ1n) is 15.1. The van der Waals surface area contributed by atoms with Crippen LogP contribution in [0.1, 0.15) is 58.8 Å². The number of H-pyrrole nitrogens is 2. The number of benzene rings is 3. The number of anilines is 3. The Bertz CT molecular complexity index is 2240. The highest BCUT2D eigenvalue weighted by atomic mass is 35.5. The summed E-state index contributed by atoms with van der Waals surface area (Å²) < 4.78 is 6.12. The van der Waals surface area contributed by atoms with Crippen molar-refractivity contribution in [1.29, 1.82) is 0 Å². The van der Waals surface area contributed by atoms with E-state index in [1.54, 1.807) is 74.2 Å². The van der Waals surface area contributed by atoms with Gasteiger partial charge in [0.1, 0.15) is 22.7 Å². The molecule has 0 fully saturated rings. The second-order valence-electron chi connectivity index (χ2n) is 12.8.